The maximum atomic E-state index is 12.2. The van der Waals surface area contributed by atoms with Crippen LogP contribution in [0.1, 0.15) is 58.3 Å². The van der Waals surface area contributed by atoms with Crippen LogP contribution in [0.25, 0.3) is 0 Å². The highest BCUT2D eigenvalue weighted by Crippen LogP contribution is 2.26. The number of piperidine rings is 1. The first-order chi connectivity index (χ1) is 12.3. The van der Waals surface area contributed by atoms with Gasteiger partial charge in [-0.3, -0.25) is 9.69 Å². The number of likely N-dealkylation sites (tertiary alicyclic amines) is 2. The Morgan fingerprint density at radius 2 is 1.84 bits per heavy atom. The molecular weight excluding hydrogens is 314 g/mol. The lowest BCUT2D eigenvalue weighted by atomic mass is 9.90. The molecule has 0 aromatic carbocycles. The molecule has 1 N–H and O–H groups in total. The van der Waals surface area contributed by atoms with Crippen LogP contribution < -0.4 is 5.32 Å². The Morgan fingerprint density at radius 3 is 2.56 bits per heavy atom. The van der Waals surface area contributed by atoms with Crippen molar-refractivity contribution < 1.29 is 9.53 Å². The van der Waals surface area contributed by atoms with Gasteiger partial charge in [0.05, 0.1) is 0 Å². The van der Waals surface area contributed by atoms with Gasteiger partial charge >= 0.3 is 0 Å². The Labute approximate surface area is 153 Å². The zero-order valence-corrected chi connectivity index (χ0v) is 16.0. The number of hydrogen-bond donors (Lipinski definition) is 1. The highest BCUT2D eigenvalue weighted by molar-refractivity contribution is 5.75. The van der Waals surface area contributed by atoms with E-state index in [2.05, 4.69) is 22.0 Å². The molecule has 0 radical (unpaired) electrons. The summed E-state index contributed by atoms with van der Waals surface area (Å²) >= 11 is 0. The van der Waals surface area contributed by atoms with Gasteiger partial charge in [-0.1, -0.05) is 6.92 Å². The summed E-state index contributed by atoms with van der Waals surface area (Å²) < 4.78 is 5.48. The van der Waals surface area contributed by atoms with Gasteiger partial charge in [0.25, 0.3) is 0 Å². The molecule has 3 saturated heterocycles. The topological polar surface area (TPSA) is 44.8 Å². The first kappa shape index (κ1) is 19.1. The molecule has 0 spiro atoms. The molecule has 1 amide bonds. The van der Waals surface area contributed by atoms with Crippen molar-refractivity contribution in [3.63, 3.8) is 0 Å². The molecule has 0 aromatic rings. The third kappa shape index (κ3) is 5.66. The average Bonchev–Trinajstić information content (AvgIpc) is 3.13. The van der Waals surface area contributed by atoms with Crippen LogP contribution in [0.4, 0.5) is 0 Å². The highest BCUT2D eigenvalue weighted by Gasteiger charge is 2.27. The lowest BCUT2D eigenvalue weighted by Crippen LogP contribution is -2.44. The molecule has 0 saturated carbocycles. The Hall–Kier alpha value is -0.650. The van der Waals surface area contributed by atoms with Crippen molar-refractivity contribution in [2.75, 3.05) is 45.9 Å². The van der Waals surface area contributed by atoms with Gasteiger partial charge in [-0.05, 0) is 77.0 Å². The molecule has 5 nitrogen and oxygen atoms in total. The monoisotopic (exact) mass is 351 g/mol. The summed E-state index contributed by atoms with van der Waals surface area (Å²) in [6, 6.07) is 1.31. The predicted molar refractivity (Wildman–Crippen MR) is 101 cm³/mol. The van der Waals surface area contributed by atoms with Crippen molar-refractivity contribution in [2.24, 2.45) is 5.92 Å². The summed E-state index contributed by atoms with van der Waals surface area (Å²) in [6.07, 6.45) is 9.20. The van der Waals surface area contributed by atoms with Gasteiger partial charge in [-0.15, -0.1) is 0 Å². The summed E-state index contributed by atoms with van der Waals surface area (Å²) in [4.78, 5) is 17.4. The Morgan fingerprint density at radius 1 is 1.08 bits per heavy atom. The van der Waals surface area contributed by atoms with Crippen molar-refractivity contribution >= 4 is 5.91 Å². The molecule has 0 aromatic heterocycles. The van der Waals surface area contributed by atoms with E-state index in [1.807, 2.05) is 0 Å². The van der Waals surface area contributed by atoms with Crippen LogP contribution in [0.5, 0.6) is 0 Å². The standard InChI is InChI=1S/C20H37N3O2/c1-2-22-11-3-4-19(22)16-21-20(24)6-5-17-7-12-23(13-8-17)18-9-14-25-15-10-18/h17-19H,2-16H2,1H3,(H,21,24). The van der Waals surface area contributed by atoms with E-state index in [9.17, 15) is 4.79 Å². The number of amides is 1. The second-order valence-electron chi connectivity index (χ2n) is 8.09. The quantitative estimate of drug-likeness (QED) is 0.764. The van der Waals surface area contributed by atoms with Crippen LogP contribution in [-0.4, -0.2) is 73.7 Å². The maximum absolute atomic E-state index is 12.2. The number of likely N-dealkylation sites (N-methyl/N-ethyl adjacent to an activating group) is 1. The average molecular weight is 352 g/mol. The molecule has 0 bridgehead atoms. The van der Waals surface area contributed by atoms with Gasteiger partial charge in [0.15, 0.2) is 0 Å². The van der Waals surface area contributed by atoms with Crippen LogP contribution in [0.3, 0.4) is 0 Å². The first-order valence-electron chi connectivity index (χ1n) is 10.6. The molecule has 3 heterocycles. The molecule has 3 aliphatic heterocycles. The van der Waals surface area contributed by atoms with Gasteiger partial charge < -0.3 is 15.0 Å². The smallest absolute Gasteiger partial charge is 0.220 e. The number of nitrogens with one attached hydrogen (secondary N) is 1. The number of nitrogens with zero attached hydrogens (tertiary/aromatic N) is 2. The number of hydrogen-bond acceptors (Lipinski definition) is 4. The van der Waals surface area contributed by atoms with Crippen molar-refractivity contribution in [2.45, 2.75) is 70.4 Å². The molecule has 0 aliphatic carbocycles. The van der Waals surface area contributed by atoms with E-state index in [0.29, 0.717) is 12.5 Å². The van der Waals surface area contributed by atoms with E-state index in [0.717, 1.165) is 44.7 Å². The normalized spacial score (nSPS) is 27.6. The molecule has 1 unspecified atom stereocenters. The minimum atomic E-state index is 0.259. The van der Waals surface area contributed by atoms with E-state index in [1.165, 1.54) is 58.2 Å². The van der Waals surface area contributed by atoms with E-state index >= 15 is 0 Å². The Kier molecular flexibility index (Phi) is 7.56. The van der Waals surface area contributed by atoms with Gasteiger partial charge in [0.2, 0.25) is 5.91 Å². The molecular formula is C20H37N3O2. The summed E-state index contributed by atoms with van der Waals surface area (Å²) in [5.74, 6) is 0.996. The SMILES string of the molecule is CCN1CCCC1CNC(=O)CCC1CCN(C2CCOCC2)CC1. The second-order valence-corrected chi connectivity index (χ2v) is 8.09. The van der Waals surface area contributed by atoms with Crippen LogP contribution in [-0.2, 0) is 9.53 Å². The van der Waals surface area contributed by atoms with E-state index in [1.54, 1.807) is 0 Å². The van der Waals surface area contributed by atoms with Crippen molar-refractivity contribution in [1.82, 2.24) is 15.1 Å². The maximum Gasteiger partial charge on any atom is 0.220 e. The zero-order chi connectivity index (χ0) is 17.5. The van der Waals surface area contributed by atoms with Gasteiger partial charge in [0, 0.05) is 38.3 Å². The molecule has 1 atom stereocenters. The third-order valence-electron chi connectivity index (χ3n) is 6.58. The Balaban J connectivity index is 1.28. The fraction of sp³-hybridized carbons (Fsp3) is 0.950. The van der Waals surface area contributed by atoms with Crippen LogP contribution in [0.2, 0.25) is 0 Å². The minimum absolute atomic E-state index is 0.259. The number of ether oxygens (including phenoxy) is 1. The van der Waals surface area contributed by atoms with E-state index in [-0.39, 0.29) is 5.91 Å². The fourth-order valence-electron chi connectivity index (χ4n) is 4.85. The second kappa shape index (κ2) is 9.89. The van der Waals surface area contributed by atoms with E-state index < -0.39 is 0 Å². The van der Waals surface area contributed by atoms with Crippen molar-refractivity contribution in [3.05, 3.63) is 0 Å². The largest absolute Gasteiger partial charge is 0.381 e. The molecule has 25 heavy (non-hydrogen) atoms. The van der Waals surface area contributed by atoms with Crippen LogP contribution in [0.15, 0.2) is 0 Å². The molecule has 5 heteroatoms. The molecule has 3 aliphatic rings. The summed E-state index contributed by atoms with van der Waals surface area (Å²) in [5, 5.41) is 3.18. The van der Waals surface area contributed by atoms with Gasteiger partial charge in [0.1, 0.15) is 0 Å². The third-order valence-corrected chi connectivity index (χ3v) is 6.58. The number of rotatable bonds is 7. The van der Waals surface area contributed by atoms with Crippen molar-refractivity contribution in [1.29, 1.82) is 0 Å². The van der Waals surface area contributed by atoms with Gasteiger partial charge in [-0.2, -0.15) is 0 Å². The first-order valence-corrected chi connectivity index (χ1v) is 10.6. The number of carbonyl (C=O) groups excluding carboxylic acids is 1. The summed E-state index contributed by atoms with van der Waals surface area (Å²) in [7, 11) is 0. The highest BCUT2D eigenvalue weighted by atomic mass is 16.5. The minimum Gasteiger partial charge on any atom is -0.381 e. The molecule has 3 rings (SSSR count). The molecule has 3 fully saturated rings. The zero-order valence-electron chi connectivity index (χ0n) is 16.0. The lowest BCUT2D eigenvalue weighted by Gasteiger charge is -2.39. The summed E-state index contributed by atoms with van der Waals surface area (Å²) in [6.45, 7) is 9.65. The van der Waals surface area contributed by atoms with Gasteiger partial charge in [-0.25, -0.2) is 0 Å². The fourth-order valence-corrected chi connectivity index (χ4v) is 4.85. The molecule has 144 valence electrons. The van der Waals surface area contributed by atoms with E-state index in [4.69, 9.17) is 4.74 Å². The Bertz CT molecular complexity index is 404. The lowest BCUT2D eigenvalue weighted by molar-refractivity contribution is -0.121. The predicted octanol–water partition coefficient (Wildman–Crippen LogP) is 2.26. The van der Waals surface area contributed by atoms with Crippen LogP contribution in [0, 0.1) is 5.92 Å². The van der Waals surface area contributed by atoms with Crippen molar-refractivity contribution in [3.8, 4) is 0 Å². The van der Waals surface area contributed by atoms with Crippen LogP contribution >= 0.6 is 0 Å². The number of carbonyl (C=O) groups is 1. The summed E-state index contributed by atoms with van der Waals surface area (Å²) in [5.41, 5.74) is 0.